The number of nitrogens with zero attached hydrogens (tertiary/aromatic N) is 2. The summed E-state index contributed by atoms with van der Waals surface area (Å²) in [7, 11) is 0. The van der Waals surface area contributed by atoms with Gasteiger partial charge in [0.15, 0.2) is 0 Å². The first-order valence-electron chi connectivity index (χ1n) is 4.87. The zero-order valence-electron chi connectivity index (χ0n) is 8.49. The Morgan fingerprint density at radius 1 is 1.00 bits per heavy atom. The maximum Gasteiger partial charge on any atom is 0.0353 e. The van der Waals surface area contributed by atoms with Crippen molar-refractivity contribution < 1.29 is 0 Å². The van der Waals surface area contributed by atoms with Gasteiger partial charge in [-0.3, -0.25) is 9.97 Å². The van der Waals surface area contributed by atoms with Gasteiger partial charge in [-0.15, -0.1) is 0 Å². The fraction of sp³-hybridized carbons (Fsp3) is 0.0769. The van der Waals surface area contributed by atoms with Crippen LogP contribution in [0.5, 0.6) is 0 Å². The van der Waals surface area contributed by atoms with Crippen molar-refractivity contribution in [2.24, 2.45) is 0 Å². The van der Waals surface area contributed by atoms with Gasteiger partial charge in [-0.2, -0.15) is 0 Å². The predicted molar refractivity (Wildman–Crippen MR) is 60.3 cm³/mol. The number of hydrogen-bond acceptors (Lipinski definition) is 2. The van der Waals surface area contributed by atoms with Crippen molar-refractivity contribution in [3.05, 3.63) is 54.1 Å². The number of rotatable bonds is 0. The Balaban J connectivity index is 2.43. The Bertz CT molecular complexity index is 570. The Labute approximate surface area is 88.3 Å². The quantitative estimate of drug-likeness (QED) is 0.550. The minimum absolute atomic E-state index is 1.06. The van der Waals surface area contributed by atoms with Crippen LogP contribution in [0.3, 0.4) is 0 Å². The van der Waals surface area contributed by atoms with Crippen LogP contribution in [0.25, 0.3) is 16.7 Å². The van der Waals surface area contributed by atoms with Crippen LogP contribution in [0.1, 0.15) is 16.7 Å². The lowest BCUT2D eigenvalue weighted by Gasteiger charge is -2.02. The number of aryl methyl sites for hydroxylation is 1. The Morgan fingerprint density at radius 2 is 1.80 bits per heavy atom. The van der Waals surface area contributed by atoms with E-state index in [-0.39, 0.29) is 0 Å². The van der Waals surface area contributed by atoms with Gasteiger partial charge in [0, 0.05) is 35.9 Å². The van der Waals surface area contributed by atoms with E-state index in [2.05, 4.69) is 23.5 Å². The standard InChI is InChI=1S/C13H10N2/c1-8-5-15-7-12-10-3-4-14-6-11(10)9(2)13(8)12/h3-7H,2H2,1H3. The smallest absolute Gasteiger partial charge is 0.0353 e. The van der Waals surface area contributed by atoms with Gasteiger partial charge in [-0.1, -0.05) is 6.58 Å². The highest BCUT2D eigenvalue weighted by molar-refractivity contribution is 6.00. The van der Waals surface area contributed by atoms with Gasteiger partial charge in [0.25, 0.3) is 0 Å². The van der Waals surface area contributed by atoms with E-state index < -0.39 is 0 Å². The second-order valence-electron chi connectivity index (χ2n) is 3.78. The molecule has 0 bridgehead atoms. The predicted octanol–water partition coefficient (Wildman–Crippen LogP) is 2.83. The number of aromatic nitrogens is 2. The lowest BCUT2D eigenvalue weighted by molar-refractivity contribution is 1.26. The van der Waals surface area contributed by atoms with Crippen LogP contribution < -0.4 is 0 Å². The SMILES string of the molecule is C=C1c2cnccc2-c2cncc(C)c21. The first-order valence-corrected chi connectivity index (χ1v) is 4.87. The van der Waals surface area contributed by atoms with E-state index in [1.807, 2.05) is 30.9 Å². The molecule has 1 aliphatic carbocycles. The normalized spacial score (nSPS) is 12.5. The van der Waals surface area contributed by atoms with Crippen LogP contribution in [0.4, 0.5) is 0 Å². The molecular weight excluding hydrogens is 184 g/mol. The third-order valence-electron chi connectivity index (χ3n) is 2.87. The summed E-state index contributed by atoms with van der Waals surface area (Å²) in [4.78, 5) is 8.37. The van der Waals surface area contributed by atoms with E-state index in [9.17, 15) is 0 Å². The van der Waals surface area contributed by atoms with Crippen molar-refractivity contribution in [3.8, 4) is 11.1 Å². The summed E-state index contributed by atoms with van der Waals surface area (Å²) in [5.41, 5.74) is 6.96. The highest BCUT2D eigenvalue weighted by atomic mass is 14.7. The van der Waals surface area contributed by atoms with E-state index >= 15 is 0 Å². The maximum absolute atomic E-state index is 4.23. The van der Waals surface area contributed by atoms with Gasteiger partial charge < -0.3 is 0 Å². The highest BCUT2D eigenvalue weighted by Gasteiger charge is 2.23. The third-order valence-corrected chi connectivity index (χ3v) is 2.87. The van der Waals surface area contributed by atoms with Crippen LogP contribution in [-0.2, 0) is 0 Å². The monoisotopic (exact) mass is 194 g/mol. The molecule has 0 unspecified atom stereocenters. The molecule has 0 aliphatic heterocycles. The second-order valence-corrected chi connectivity index (χ2v) is 3.78. The van der Waals surface area contributed by atoms with Gasteiger partial charge in [-0.05, 0) is 35.3 Å². The lowest BCUT2D eigenvalue weighted by atomic mass is 10.0. The lowest BCUT2D eigenvalue weighted by Crippen LogP contribution is -1.86. The molecular formula is C13H10N2. The van der Waals surface area contributed by atoms with Gasteiger partial charge >= 0.3 is 0 Å². The molecule has 0 amide bonds. The van der Waals surface area contributed by atoms with Crippen molar-refractivity contribution in [2.45, 2.75) is 6.92 Å². The van der Waals surface area contributed by atoms with E-state index in [0.29, 0.717) is 0 Å². The van der Waals surface area contributed by atoms with Crippen LogP contribution in [0.2, 0.25) is 0 Å². The van der Waals surface area contributed by atoms with Crippen molar-refractivity contribution in [1.29, 1.82) is 0 Å². The minimum Gasteiger partial charge on any atom is -0.264 e. The topological polar surface area (TPSA) is 25.8 Å². The molecule has 2 aromatic heterocycles. The molecule has 3 rings (SSSR count). The largest absolute Gasteiger partial charge is 0.264 e. The summed E-state index contributed by atoms with van der Waals surface area (Å²) in [5.74, 6) is 0. The molecule has 0 N–H and O–H groups in total. The van der Waals surface area contributed by atoms with Crippen molar-refractivity contribution >= 4 is 5.57 Å². The molecule has 2 heteroatoms. The van der Waals surface area contributed by atoms with Gasteiger partial charge in [0.05, 0.1) is 0 Å². The molecule has 2 heterocycles. The second kappa shape index (κ2) is 2.76. The number of pyridine rings is 2. The summed E-state index contributed by atoms with van der Waals surface area (Å²) in [6.07, 6.45) is 7.46. The fourth-order valence-electron chi connectivity index (χ4n) is 2.17. The van der Waals surface area contributed by atoms with E-state index in [0.717, 1.165) is 11.1 Å². The first-order chi connectivity index (χ1) is 7.29. The summed E-state index contributed by atoms with van der Waals surface area (Å²) in [6.45, 7) is 6.20. The van der Waals surface area contributed by atoms with Crippen LogP contribution in [0.15, 0.2) is 37.4 Å². The molecule has 72 valence electrons. The van der Waals surface area contributed by atoms with Crippen LogP contribution in [-0.4, -0.2) is 9.97 Å². The third kappa shape index (κ3) is 0.988. The zero-order valence-corrected chi connectivity index (χ0v) is 8.49. The molecule has 0 saturated heterocycles. The Kier molecular flexibility index (Phi) is 1.54. The molecule has 0 atom stereocenters. The van der Waals surface area contributed by atoms with Crippen molar-refractivity contribution in [3.63, 3.8) is 0 Å². The van der Waals surface area contributed by atoms with E-state index in [1.54, 1.807) is 0 Å². The van der Waals surface area contributed by atoms with Crippen molar-refractivity contribution in [1.82, 2.24) is 9.97 Å². The molecule has 1 aliphatic rings. The minimum atomic E-state index is 1.06. The van der Waals surface area contributed by atoms with E-state index in [1.165, 1.54) is 22.3 Å². The van der Waals surface area contributed by atoms with Gasteiger partial charge in [0.2, 0.25) is 0 Å². The summed E-state index contributed by atoms with van der Waals surface area (Å²) >= 11 is 0. The summed E-state index contributed by atoms with van der Waals surface area (Å²) in [5, 5.41) is 0. The van der Waals surface area contributed by atoms with Crippen LogP contribution >= 0.6 is 0 Å². The molecule has 2 aromatic rings. The molecule has 0 fully saturated rings. The molecule has 0 saturated carbocycles. The molecule has 15 heavy (non-hydrogen) atoms. The maximum atomic E-state index is 4.23. The average molecular weight is 194 g/mol. The number of fused-ring (bicyclic) bond motifs is 3. The first kappa shape index (κ1) is 8.36. The Hall–Kier alpha value is -1.96. The fourth-order valence-corrected chi connectivity index (χ4v) is 2.17. The summed E-state index contributed by atoms with van der Waals surface area (Å²) < 4.78 is 0. The van der Waals surface area contributed by atoms with Crippen LogP contribution in [0, 0.1) is 6.92 Å². The number of hydrogen-bond donors (Lipinski definition) is 0. The molecule has 2 nitrogen and oxygen atoms in total. The summed E-state index contributed by atoms with van der Waals surface area (Å²) in [6, 6.07) is 2.02. The van der Waals surface area contributed by atoms with Crippen molar-refractivity contribution in [2.75, 3.05) is 0 Å². The molecule has 0 aromatic carbocycles. The molecule has 0 spiro atoms. The van der Waals surface area contributed by atoms with Gasteiger partial charge in [0.1, 0.15) is 0 Å². The zero-order chi connectivity index (χ0) is 10.4. The Morgan fingerprint density at radius 3 is 2.67 bits per heavy atom. The highest BCUT2D eigenvalue weighted by Crippen LogP contribution is 2.43. The molecule has 0 radical (unpaired) electrons. The van der Waals surface area contributed by atoms with Gasteiger partial charge in [-0.25, -0.2) is 0 Å². The van der Waals surface area contributed by atoms with E-state index in [4.69, 9.17) is 0 Å². The average Bonchev–Trinajstić information content (AvgIpc) is 2.55.